The second kappa shape index (κ2) is 9.97. The molecule has 3 rings (SSSR count). The molecular weight excluding hydrogens is 396 g/mol. The first-order valence-electron chi connectivity index (χ1n) is 9.95. The minimum atomic E-state index is -0.409. The van der Waals surface area contributed by atoms with Crippen LogP contribution in [0.3, 0.4) is 0 Å². The van der Waals surface area contributed by atoms with E-state index in [9.17, 15) is 9.59 Å². The third kappa shape index (κ3) is 4.84. The van der Waals surface area contributed by atoms with Gasteiger partial charge in [-0.05, 0) is 20.3 Å². The van der Waals surface area contributed by atoms with Crippen molar-refractivity contribution >= 4 is 29.7 Å². The van der Waals surface area contributed by atoms with Crippen LogP contribution in [0.15, 0.2) is 16.4 Å². The number of ether oxygens (including phenoxy) is 2. The minimum absolute atomic E-state index is 0.278. The van der Waals surface area contributed by atoms with Crippen LogP contribution >= 0.6 is 11.8 Å². The number of morpholine rings is 1. The van der Waals surface area contributed by atoms with E-state index >= 15 is 0 Å². The van der Waals surface area contributed by atoms with Crippen molar-refractivity contribution < 1.29 is 19.1 Å². The molecule has 1 unspecified atom stereocenters. The molecular formula is C18H28N6O4S. The summed E-state index contributed by atoms with van der Waals surface area (Å²) in [5, 5.41) is 15.0. The largest absolute Gasteiger partial charge is 0.463 e. The lowest BCUT2D eigenvalue weighted by molar-refractivity contribution is -0.139. The predicted molar refractivity (Wildman–Crippen MR) is 109 cm³/mol. The van der Waals surface area contributed by atoms with Gasteiger partial charge in [-0.3, -0.25) is 4.57 Å². The molecule has 0 aromatic carbocycles. The van der Waals surface area contributed by atoms with Crippen molar-refractivity contribution in [3.63, 3.8) is 0 Å². The van der Waals surface area contributed by atoms with Gasteiger partial charge in [-0.1, -0.05) is 18.7 Å². The number of hydrogen-bond donors (Lipinski definition) is 2. The van der Waals surface area contributed by atoms with Crippen molar-refractivity contribution in [2.75, 3.05) is 43.6 Å². The molecule has 2 amide bonds. The summed E-state index contributed by atoms with van der Waals surface area (Å²) < 4.78 is 12.7. The van der Waals surface area contributed by atoms with Crippen molar-refractivity contribution in [2.24, 2.45) is 0 Å². The maximum Gasteiger partial charge on any atom is 0.337 e. The molecule has 160 valence electrons. The molecule has 29 heavy (non-hydrogen) atoms. The number of aromatic nitrogens is 3. The van der Waals surface area contributed by atoms with Gasteiger partial charge in [0.1, 0.15) is 0 Å². The Kier molecular flexibility index (Phi) is 7.37. The number of anilines is 1. The zero-order chi connectivity index (χ0) is 20.8. The smallest absolute Gasteiger partial charge is 0.337 e. The van der Waals surface area contributed by atoms with E-state index in [1.807, 2.05) is 18.4 Å². The maximum atomic E-state index is 12.5. The second-order valence-corrected chi connectivity index (χ2v) is 7.53. The number of rotatable bonds is 8. The van der Waals surface area contributed by atoms with E-state index in [2.05, 4.69) is 25.7 Å². The van der Waals surface area contributed by atoms with E-state index in [0.717, 1.165) is 30.7 Å². The average molecular weight is 425 g/mol. The number of esters is 1. The van der Waals surface area contributed by atoms with Gasteiger partial charge in [0.15, 0.2) is 5.16 Å². The van der Waals surface area contributed by atoms with E-state index in [1.165, 1.54) is 11.8 Å². The number of carbonyl (C=O) groups excluding carboxylic acids is 2. The van der Waals surface area contributed by atoms with Gasteiger partial charge in [-0.2, -0.15) is 0 Å². The summed E-state index contributed by atoms with van der Waals surface area (Å²) in [7, 11) is 0. The van der Waals surface area contributed by atoms with E-state index in [1.54, 1.807) is 6.92 Å². The molecule has 0 aliphatic carbocycles. The number of urea groups is 1. The number of carbonyl (C=O) groups is 2. The molecule has 0 saturated carbocycles. The predicted octanol–water partition coefficient (Wildman–Crippen LogP) is 1.14. The SMILES string of the molecule is CCOC(=O)C1=C(CSc2nnc(N3CCOCC3)n2CC)NC(=O)NC1CC. The Morgan fingerprint density at radius 3 is 2.69 bits per heavy atom. The van der Waals surface area contributed by atoms with Gasteiger partial charge < -0.3 is 25.0 Å². The number of nitrogens with one attached hydrogen (secondary N) is 2. The molecule has 1 aromatic heterocycles. The Balaban J connectivity index is 1.81. The highest BCUT2D eigenvalue weighted by atomic mass is 32.2. The van der Waals surface area contributed by atoms with Gasteiger partial charge in [-0.15, -0.1) is 10.2 Å². The van der Waals surface area contributed by atoms with E-state index < -0.39 is 5.97 Å². The highest BCUT2D eigenvalue weighted by Crippen LogP contribution is 2.26. The Morgan fingerprint density at radius 1 is 1.28 bits per heavy atom. The quantitative estimate of drug-likeness (QED) is 0.472. The minimum Gasteiger partial charge on any atom is -0.463 e. The van der Waals surface area contributed by atoms with Crippen LogP contribution in [-0.4, -0.2) is 71.5 Å². The van der Waals surface area contributed by atoms with Crippen LogP contribution in [0.2, 0.25) is 0 Å². The van der Waals surface area contributed by atoms with Crippen molar-refractivity contribution in [3.8, 4) is 0 Å². The van der Waals surface area contributed by atoms with Gasteiger partial charge in [0, 0.05) is 31.1 Å². The second-order valence-electron chi connectivity index (χ2n) is 6.59. The molecule has 11 heteroatoms. The molecule has 0 bridgehead atoms. The summed E-state index contributed by atoms with van der Waals surface area (Å²) in [6.07, 6.45) is 0.599. The maximum absolute atomic E-state index is 12.5. The van der Waals surface area contributed by atoms with Crippen LogP contribution < -0.4 is 15.5 Å². The topological polar surface area (TPSA) is 111 Å². The number of thioether (sulfide) groups is 1. The first kappa shape index (κ1) is 21.4. The van der Waals surface area contributed by atoms with Crippen molar-refractivity contribution in [2.45, 2.75) is 44.9 Å². The lowest BCUT2D eigenvalue weighted by atomic mass is 10.0. The molecule has 3 heterocycles. The van der Waals surface area contributed by atoms with Crippen LogP contribution in [0.25, 0.3) is 0 Å². The Hall–Kier alpha value is -2.27. The molecule has 2 aliphatic heterocycles. The molecule has 0 spiro atoms. The molecule has 1 atom stereocenters. The van der Waals surface area contributed by atoms with Crippen molar-refractivity contribution in [1.82, 2.24) is 25.4 Å². The molecule has 0 radical (unpaired) electrons. The standard InChI is InChI=1S/C18H28N6O4S/c1-4-12-14(15(25)28-6-3)13(20-16(26)19-12)11-29-18-22-21-17(24(18)5-2)23-7-9-27-10-8-23/h12H,4-11H2,1-3H3,(H2,19,20,26). The molecule has 1 aromatic rings. The summed E-state index contributed by atoms with van der Waals surface area (Å²) in [6.45, 7) is 9.63. The molecule has 1 fully saturated rings. The fourth-order valence-corrected chi connectivity index (χ4v) is 4.34. The lowest BCUT2D eigenvalue weighted by Gasteiger charge is -2.28. The molecule has 2 aliphatic rings. The summed E-state index contributed by atoms with van der Waals surface area (Å²) in [5.74, 6) is 0.798. The summed E-state index contributed by atoms with van der Waals surface area (Å²) in [6, 6.07) is -0.683. The van der Waals surface area contributed by atoms with Crippen LogP contribution in [0.4, 0.5) is 10.7 Å². The monoisotopic (exact) mass is 424 g/mol. The first-order valence-corrected chi connectivity index (χ1v) is 10.9. The third-order valence-corrected chi connectivity index (χ3v) is 5.79. The Labute approximate surface area is 174 Å². The third-order valence-electron chi connectivity index (χ3n) is 4.80. The summed E-state index contributed by atoms with van der Waals surface area (Å²) in [5.41, 5.74) is 1.03. The Bertz CT molecular complexity index is 774. The van der Waals surface area contributed by atoms with Crippen LogP contribution in [0.5, 0.6) is 0 Å². The zero-order valence-electron chi connectivity index (χ0n) is 17.1. The van der Waals surface area contributed by atoms with Gasteiger partial charge in [0.05, 0.1) is 31.4 Å². The van der Waals surface area contributed by atoms with Crippen LogP contribution in [0.1, 0.15) is 27.2 Å². The fourth-order valence-electron chi connectivity index (χ4n) is 3.37. The normalized spacial score (nSPS) is 19.8. The van der Waals surface area contributed by atoms with Gasteiger partial charge >= 0.3 is 12.0 Å². The van der Waals surface area contributed by atoms with Crippen LogP contribution in [-0.2, 0) is 20.8 Å². The Morgan fingerprint density at radius 2 is 2.03 bits per heavy atom. The van der Waals surface area contributed by atoms with E-state index in [-0.39, 0.29) is 18.7 Å². The molecule has 2 N–H and O–H groups in total. The van der Waals surface area contributed by atoms with Gasteiger partial charge in [0.2, 0.25) is 5.95 Å². The van der Waals surface area contributed by atoms with E-state index in [0.29, 0.717) is 36.7 Å². The van der Waals surface area contributed by atoms with Crippen LogP contribution in [0, 0.1) is 0 Å². The lowest BCUT2D eigenvalue weighted by Crippen LogP contribution is -2.50. The summed E-state index contributed by atoms with van der Waals surface area (Å²) >= 11 is 1.44. The number of nitrogens with zero attached hydrogens (tertiary/aromatic N) is 4. The number of hydrogen-bond acceptors (Lipinski definition) is 8. The van der Waals surface area contributed by atoms with E-state index in [4.69, 9.17) is 9.47 Å². The average Bonchev–Trinajstić information content (AvgIpc) is 3.15. The van der Waals surface area contributed by atoms with Gasteiger partial charge in [-0.25, -0.2) is 9.59 Å². The molecule has 10 nitrogen and oxygen atoms in total. The zero-order valence-corrected chi connectivity index (χ0v) is 17.9. The highest BCUT2D eigenvalue weighted by molar-refractivity contribution is 7.99. The number of amides is 2. The molecule has 1 saturated heterocycles. The van der Waals surface area contributed by atoms with Crippen molar-refractivity contribution in [1.29, 1.82) is 0 Å². The van der Waals surface area contributed by atoms with Crippen molar-refractivity contribution in [3.05, 3.63) is 11.3 Å². The highest BCUT2D eigenvalue weighted by Gasteiger charge is 2.31. The first-order chi connectivity index (χ1) is 14.1. The fraction of sp³-hybridized carbons (Fsp3) is 0.667. The van der Waals surface area contributed by atoms with Gasteiger partial charge in [0.25, 0.3) is 0 Å². The summed E-state index contributed by atoms with van der Waals surface area (Å²) in [4.78, 5) is 26.7.